The molecular weight excluding hydrogens is 370 g/mol. The van der Waals surface area contributed by atoms with Gasteiger partial charge in [-0.1, -0.05) is 18.2 Å². The van der Waals surface area contributed by atoms with Crippen LogP contribution in [0, 0.1) is 0 Å². The summed E-state index contributed by atoms with van der Waals surface area (Å²) in [5, 5.41) is 5.93. The van der Waals surface area contributed by atoms with Crippen molar-refractivity contribution in [2.24, 2.45) is 4.99 Å². The first-order valence-corrected chi connectivity index (χ1v) is 9.72. The molecule has 3 rings (SSSR count). The molecule has 7 heteroatoms. The van der Waals surface area contributed by atoms with Gasteiger partial charge in [0.15, 0.2) is 0 Å². The number of aliphatic imine (C=N–C) groups is 1. The number of rotatable bonds is 6. The summed E-state index contributed by atoms with van der Waals surface area (Å²) in [5.41, 5.74) is 1.69. The molecule has 1 aliphatic rings. The van der Waals surface area contributed by atoms with Crippen molar-refractivity contribution in [1.82, 2.24) is 5.32 Å². The van der Waals surface area contributed by atoms with Crippen LogP contribution >= 0.6 is 0 Å². The maximum absolute atomic E-state index is 12.5. The van der Waals surface area contributed by atoms with E-state index in [1.54, 1.807) is 55.5 Å². The fraction of sp³-hybridized carbons (Fsp3) is 0.318. The highest BCUT2D eigenvalue weighted by molar-refractivity contribution is 6.10. The second-order valence-corrected chi connectivity index (χ2v) is 6.57. The fourth-order valence-corrected chi connectivity index (χ4v) is 2.90. The van der Waals surface area contributed by atoms with E-state index in [1.807, 2.05) is 6.07 Å². The van der Waals surface area contributed by atoms with E-state index in [1.165, 1.54) is 0 Å². The Hall–Kier alpha value is -3.19. The number of benzene rings is 2. The molecule has 0 spiro atoms. The number of anilines is 1. The number of carbonyl (C=O) groups excluding carboxylic acids is 2. The van der Waals surface area contributed by atoms with Crippen LogP contribution in [0.15, 0.2) is 59.6 Å². The van der Waals surface area contributed by atoms with Crippen LogP contribution in [0.25, 0.3) is 0 Å². The minimum absolute atomic E-state index is 0.0617. The second kappa shape index (κ2) is 10.4. The van der Waals surface area contributed by atoms with Crippen LogP contribution in [0.3, 0.4) is 0 Å². The molecule has 29 heavy (non-hydrogen) atoms. The lowest BCUT2D eigenvalue weighted by atomic mass is 10.2. The summed E-state index contributed by atoms with van der Waals surface area (Å²) in [5.74, 6) is -0.297. The molecule has 1 fully saturated rings. The number of ether oxygens (including phenoxy) is 2. The Labute approximate surface area is 170 Å². The lowest BCUT2D eigenvalue weighted by Crippen LogP contribution is -2.36. The van der Waals surface area contributed by atoms with E-state index >= 15 is 0 Å². The molecule has 7 nitrogen and oxygen atoms in total. The van der Waals surface area contributed by atoms with Crippen LogP contribution < -0.4 is 10.6 Å². The molecule has 1 heterocycles. The highest BCUT2D eigenvalue weighted by Crippen LogP contribution is 2.13. The monoisotopic (exact) mass is 395 g/mol. The average Bonchev–Trinajstić information content (AvgIpc) is 3.27. The van der Waals surface area contributed by atoms with E-state index in [9.17, 15) is 9.59 Å². The summed E-state index contributed by atoms with van der Waals surface area (Å²) in [6.45, 7) is 3.29. The molecule has 0 aliphatic carbocycles. The van der Waals surface area contributed by atoms with E-state index in [2.05, 4.69) is 15.6 Å². The number of nitrogens with one attached hydrogen (secondary N) is 2. The van der Waals surface area contributed by atoms with E-state index in [-0.39, 0.29) is 18.0 Å². The van der Waals surface area contributed by atoms with Crippen molar-refractivity contribution in [2.45, 2.75) is 25.9 Å². The van der Waals surface area contributed by atoms with Crippen molar-refractivity contribution in [3.63, 3.8) is 0 Å². The maximum Gasteiger partial charge on any atom is 0.338 e. The molecule has 0 saturated carbocycles. The van der Waals surface area contributed by atoms with Crippen molar-refractivity contribution in [2.75, 3.05) is 25.1 Å². The molecule has 0 aromatic heterocycles. The first kappa shape index (κ1) is 20.5. The largest absolute Gasteiger partial charge is 0.462 e. The van der Waals surface area contributed by atoms with E-state index in [0.29, 0.717) is 35.9 Å². The van der Waals surface area contributed by atoms with Crippen LogP contribution in [-0.4, -0.2) is 43.7 Å². The molecule has 2 aromatic rings. The van der Waals surface area contributed by atoms with Crippen LogP contribution in [-0.2, 0) is 9.47 Å². The molecule has 0 unspecified atom stereocenters. The Balaban J connectivity index is 1.71. The first-order chi connectivity index (χ1) is 14.2. The second-order valence-electron chi connectivity index (χ2n) is 6.57. The summed E-state index contributed by atoms with van der Waals surface area (Å²) in [7, 11) is 0. The average molecular weight is 395 g/mol. The lowest BCUT2D eigenvalue weighted by Gasteiger charge is -2.13. The fourth-order valence-electron chi connectivity index (χ4n) is 2.90. The van der Waals surface area contributed by atoms with Crippen molar-refractivity contribution < 1.29 is 19.1 Å². The lowest BCUT2D eigenvalue weighted by molar-refractivity contribution is 0.0526. The van der Waals surface area contributed by atoms with Crippen LogP contribution in [0.2, 0.25) is 0 Å². The number of hydrogen-bond donors (Lipinski definition) is 2. The van der Waals surface area contributed by atoms with Crippen molar-refractivity contribution in [3.8, 4) is 0 Å². The minimum Gasteiger partial charge on any atom is -0.462 e. The molecule has 0 bridgehead atoms. The molecular formula is C22H25N3O4. The van der Waals surface area contributed by atoms with Gasteiger partial charge in [-0.25, -0.2) is 9.79 Å². The quantitative estimate of drug-likeness (QED) is 0.445. The molecule has 1 aliphatic heterocycles. The number of hydrogen-bond acceptors (Lipinski definition) is 5. The molecule has 1 saturated heterocycles. The van der Waals surface area contributed by atoms with Gasteiger partial charge in [-0.2, -0.15) is 0 Å². The Morgan fingerprint density at radius 2 is 1.86 bits per heavy atom. The van der Waals surface area contributed by atoms with Crippen LogP contribution in [0.4, 0.5) is 5.69 Å². The normalized spacial score (nSPS) is 16.3. The zero-order valence-electron chi connectivity index (χ0n) is 16.4. The number of esters is 1. The SMILES string of the molecule is CCOC(=O)c1ccc(NC(=NC[C@@H]2CCCO2)NC(=O)c2ccccc2)cc1. The van der Waals surface area contributed by atoms with Gasteiger partial charge in [-0.15, -0.1) is 0 Å². The van der Waals surface area contributed by atoms with Gasteiger partial charge in [-0.05, 0) is 56.2 Å². The molecule has 1 atom stereocenters. The van der Waals surface area contributed by atoms with Gasteiger partial charge in [0.2, 0.25) is 5.96 Å². The standard InChI is InChI=1S/C22H25N3O4/c1-2-28-21(27)17-10-12-18(13-11-17)24-22(23-15-19-9-6-14-29-19)25-20(26)16-7-4-3-5-8-16/h3-5,7-8,10-13,19H,2,6,9,14-15H2,1H3,(H2,23,24,25,26)/t19-/m0/s1. The smallest absolute Gasteiger partial charge is 0.338 e. The highest BCUT2D eigenvalue weighted by atomic mass is 16.5. The minimum atomic E-state index is -0.372. The summed E-state index contributed by atoms with van der Waals surface area (Å²) in [6.07, 6.45) is 2.04. The van der Waals surface area contributed by atoms with E-state index in [0.717, 1.165) is 19.4 Å². The van der Waals surface area contributed by atoms with Crippen LogP contribution in [0.5, 0.6) is 0 Å². The molecule has 2 aromatic carbocycles. The number of carbonyl (C=O) groups is 2. The summed E-state index contributed by atoms with van der Waals surface area (Å²) in [4.78, 5) is 28.8. The molecule has 2 N–H and O–H groups in total. The molecule has 152 valence electrons. The van der Waals surface area contributed by atoms with Crippen molar-refractivity contribution in [3.05, 3.63) is 65.7 Å². The molecule has 0 radical (unpaired) electrons. The van der Waals surface area contributed by atoms with Gasteiger partial charge in [0.1, 0.15) is 0 Å². The van der Waals surface area contributed by atoms with Gasteiger partial charge in [-0.3, -0.25) is 10.1 Å². The highest BCUT2D eigenvalue weighted by Gasteiger charge is 2.16. The number of guanidine groups is 1. The Morgan fingerprint density at radius 3 is 2.52 bits per heavy atom. The maximum atomic E-state index is 12.5. The van der Waals surface area contributed by atoms with Gasteiger partial charge in [0.25, 0.3) is 5.91 Å². The third-order valence-electron chi connectivity index (χ3n) is 4.40. The van der Waals surface area contributed by atoms with Gasteiger partial charge in [0.05, 0.1) is 24.8 Å². The van der Waals surface area contributed by atoms with Crippen molar-refractivity contribution >= 4 is 23.5 Å². The third-order valence-corrected chi connectivity index (χ3v) is 4.40. The summed E-state index contributed by atoms with van der Waals surface area (Å²) in [6, 6.07) is 15.7. The Bertz CT molecular complexity index is 844. The van der Waals surface area contributed by atoms with E-state index in [4.69, 9.17) is 9.47 Å². The van der Waals surface area contributed by atoms with Crippen LogP contribution in [0.1, 0.15) is 40.5 Å². The van der Waals surface area contributed by atoms with Gasteiger partial charge in [0, 0.05) is 17.9 Å². The zero-order valence-corrected chi connectivity index (χ0v) is 16.4. The topological polar surface area (TPSA) is 89.0 Å². The van der Waals surface area contributed by atoms with Gasteiger partial charge < -0.3 is 14.8 Å². The number of amides is 1. The number of nitrogens with zero attached hydrogens (tertiary/aromatic N) is 1. The first-order valence-electron chi connectivity index (χ1n) is 9.72. The van der Waals surface area contributed by atoms with Crippen molar-refractivity contribution in [1.29, 1.82) is 0 Å². The predicted octanol–water partition coefficient (Wildman–Crippen LogP) is 3.24. The summed E-state index contributed by atoms with van der Waals surface area (Å²) >= 11 is 0. The Kier molecular flexibility index (Phi) is 7.35. The Morgan fingerprint density at radius 1 is 1.10 bits per heavy atom. The third kappa shape index (κ3) is 6.15. The molecule has 1 amide bonds. The predicted molar refractivity (Wildman–Crippen MR) is 111 cm³/mol. The summed E-state index contributed by atoms with van der Waals surface area (Å²) < 4.78 is 10.6. The van der Waals surface area contributed by atoms with E-state index < -0.39 is 0 Å². The van der Waals surface area contributed by atoms with Gasteiger partial charge >= 0.3 is 5.97 Å². The zero-order chi connectivity index (χ0) is 20.5.